The Morgan fingerprint density at radius 2 is 2.19 bits per heavy atom. The van der Waals surface area contributed by atoms with Gasteiger partial charge in [0.2, 0.25) is 0 Å². The fourth-order valence-electron chi connectivity index (χ4n) is 2.00. The van der Waals surface area contributed by atoms with Gasteiger partial charge in [-0.2, -0.15) is 0 Å². The van der Waals surface area contributed by atoms with Crippen molar-refractivity contribution in [3.05, 3.63) is 26.3 Å². The van der Waals surface area contributed by atoms with Gasteiger partial charge in [0.25, 0.3) is 5.91 Å². The number of carboxylic acids is 1. The highest BCUT2D eigenvalue weighted by atomic mass is 32.2. The minimum absolute atomic E-state index is 0.0410. The van der Waals surface area contributed by atoms with Crippen LogP contribution in [0.1, 0.15) is 28.2 Å². The van der Waals surface area contributed by atoms with Crippen LogP contribution in [0.3, 0.4) is 0 Å². The highest BCUT2D eigenvalue weighted by molar-refractivity contribution is 8.26. The lowest BCUT2D eigenvalue weighted by atomic mass is 10.2. The lowest BCUT2D eigenvalue weighted by Gasteiger charge is -2.13. The number of carboxylic acid groups (broad SMARTS) is 1. The number of carbonyl (C=O) groups is 2. The van der Waals surface area contributed by atoms with Crippen LogP contribution in [-0.4, -0.2) is 32.7 Å². The Kier molecular flexibility index (Phi) is 5.18. The van der Waals surface area contributed by atoms with Crippen molar-refractivity contribution in [3.8, 4) is 0 Å². The van der Waals surface area contributed by atoms with Gasteiger partial charge in [0.05, 0.1) is 4.91 Å². The van der Waals surface area contributed by atoms with E-state index in [1.165, 1.54) is 21.5 Å². The molecule has 0 radical (unpaired) electrons. The predicted octanol–water partition coefficient (Wildman–Crippen LogP) is 3.43. The van der Waals surface area contributed by atoms with Gasteiger partial charge >= 0.3 is 5.97 Å². The fourth-order valence-corrected chi connectivity index (χ4v) is 4.35. The Morgan fingerprint density at radius 1 is 1.48 bits per heavy atom. The second-order valence-corrected chi connectivity index (χ2v) is 7.70. The first-order valence-corrected chi connectivity index (χ1v) is 8.47. The summed E-state index contributed by atoms with van der Waals surface area (Å²) in [6, 6.07) is 2.09. The summed E-state index contributed by atoms with van der Waals surface area (Å²) in [6.45, 7) is 4.41. The zero-order chi connectivity index (χ0) is 15.6. The molecule has 0 atom stereocenters. The number of aryl methyl sites for hydroxylation is 2. The molecular formula is C14H15NO3S3. The van der Waals surface area contributed by atoms with E-state index in [-0.39, 0.29) is 12.3 Å². The van der Waals surface area contributed by atoms with E-state index in [0.717, 1.165) is 10.4 Å². The maximum Gasteiger partial charge on any atom is 0.303 e. The second kappa shape index (κ2) is 6.72. The molecule has 0 aliphatic carbocycles. The van der Waals surface area contributed by atoms with Crippen LogP contribution in [0.25, 0.3) is 6.08 Å². The molecule has 0 spiro atoms. The van der Waals surface area contributed by atoms with Crippen LogP contribution in [0.4, 0.5) is 0 Å². The summed E-state index contributed by atoms with van der Waals surface area (Å²) in [7, 11) is 0. The molecule has 1 saturated heterocycles. The van der Waals surface area contributed by atoms with Crippen molar-refractivity contribution in [1.29, 1.82) is 0 Å². The molecule has 0 aromatic carbocycles. The predicted molar refractivity (Wildman–Crippen MR) is 90.5 cm³/mol. The number of aliphatic carboxylic acids is 1. The van der Waals surface area contributed by atoms with E-state index in [4.69, 9.17) is 17.3 Å². The van der Waals surface area contributed by atoms with E-state index < -0.39 is 5.97 Å². The standard InChI is InChI=1S/C14H15NO3S3/c1-8-6-9(2)20-10(8)7-11-13(18)15(14(19)21-11)5-3-4-12(16)17/h6-7H,3-5H2,1-2H3,(H,16,17)/b11-7+. The van der Waals surface area contributed by atoms with Gasteiger partial charge in [-0.3, -0.25) is 14.5 Å². The molecule has 1 amide bonds. The van der Waals surface area contributed by atoms with Crippen LogP contribution < -0.4 is 0 Å². The number of amides is 1. The lowest BCUT2D eigenvalue weighted by molar-refractivity contribution is -0.137. The highest BCUT2D eigenvalue weighted by Crippen LogP contribution is 2.34. The quantitative estimate of drug-likeness (QED) is 0.657. The summed E-state index contributed by atoms with van der Waals surface area (Å²) < 4.78 is 0.502. The lowest BCUT2D eigenvalue weighted by Crippen LogP contribution is -2.29. The maximum atomic E-state index is 12.3. The van der Waals surface area contributed by atoms with Crippen LogP contribution in [0, 0.1) is 13.8 Å². The van der Waals surface area contributed by atoms with Crippen molar-refractivity contribution >= 4 is 57.6 Å². The zero-order valence-corrected chi connectivity index (χ0v) is 14.2. The number of hydrogen-bond donors (Lipinski definition) is 1. The monoisotopic (exact) mass is 341 g/mol. The first-order valence-electron chi connectivity index (χ1n) is 6.42. The molecule has 21 heavy (non-hydrogen) atoms. The molecule has 1 fully saturated rings. The number of thiocarbonyl (C=S) groups is 1. The molecule has 1 N–H and O–H groups in total. The van der Waals surface area contributed by atoms with Gasteiger partial charge < -0.3 is 5.11 Å². The van der Waals surface area contributed by atoms with Crippen molar-refractivity contribution < 1.29 is 14.7 Å². The minimum Gasteiger partial charge on any atom is -0.481 e. The SMILES string of the molecule is Cc1cc(C)c(/C=C2/SC(=S)N(CCCC(=O)O)C2=O)s1. The van der Waals surface area contributed by atoms with Crippen LogP contribution in [0.15, 0.2) is 11.0 Å². The topological polar surface area (TPSA) is 57.6 Å². The van der Waals surface area contributed by atoms with E-state index in [1.54, 1.807) is 11.3 Å². The van der Waals surface area contributed by atoms with Crippen LogP contribution in [0.5, 0.6) is 0 Å². The molecule has 1 aromatic heterocycles. The third-order valence-corrected chi connectivity index (χ3v) is 5.46. The largest absolute Gasteiger partial charge is 0.481 e. The summed E-state index contributed by atoms with van der Waals surface area (Å²) in [5.74, 6) is -0.985. The van der Waals surface area contributed by atoms with Crippen molar-refractivity contribution in [1.82, 2.24) is 4.90 Å². The van der Waals surface area contributed by atoms with E-state index in [0.29, 0.717) is 22.2 Å². The summed E-state index contributed by atoms with van der Waals surface area (Å²) >= 11 is 8.14. The molecule has 4 nitrogen and oxygen atoms in total. The highest BCUT2D eigenvalue weighted by Gasteiger charge is 2.31. The Labute approximate surface area is 136 Å². The third kappa shape index (κ3) is 3.93. The van der Waals surface area contributed by atoms with Crippen molar-refractivity contribution in [2.24, 2.45) is 0 Å². The number of hydrogen-bond acceptors (Lipinski definition) is 5. The first-order chi connectivity index (χ1) is 9.88. The summed E-state index contributed by atoms with van der Waals surface area (Å²) in [5, 5.41) is 8.65. The minimum atomic E-state index is -0.860. The van der Waals surface area contributed by atoms with Crippen LogP contribution in [0.2, 0.25) is 0 Å². The first kappa shape index (κ1) is 16.2. The van der Waals surface area contributed by atoms with Gasteiger partial charge in [0.1, 0.15) is 4.32 Å². The average Bonchev–Trinajstić information content (AvgIpc) is 2.83. The molecule has 1 aromatic rings. The number of rotatable bonds is 5. The van der Waals surface area contributed by atoms with Gasteiger partial charge in [-0.25, -0.2) is 0 Å². The molecule has 2 rings (SSSR count). The van der Waals surface area contributed by atoms with E-state index in [9.17, 15) is 9.59 Å². The number of carbonyl (C=O) groups excluding carboxylic acids is 1. The van der Waals surface area contributed by atoms with Crippen LogP contribution in [-0.2, 0) is 9.59 Å². The zero-order valence-electron chi connectivity index (χ0n) is 11.7. The molecule has 2 heterocycles. The van der Waals surface area contributed by atoms with Crippen molar-refractivity contribution in [2.75, 3.05) is 6.54 Å². The molecule has 0 unspecified atom stereocenters. The summed E-state index contributed by atoms with van der Waals surface area (Å²) in [5.41, 5.74) is 1.15. The second-order valence-electron chi connectivity index (χ2n) is 4.73. The van der Waals surface area contributed by atoms with Crippen LogP contribution >= 0.6 is 35.3 Å². The van der Waals surface area contributed by atoms with E-state index >= 15 is 0 Å². The normalized spacial score (nSPS) is 17.0. The molecule has 7 heteroatoms. The molecule has 1 aliphatic heterocycles. The molecule has 0 bridgehead atoms. The van der Waals surface area contributed by atoms with E-state index in [2.05, 4.69) is 6.07 Å². The van der Waals surface area contributed by atoms with Crippen molar-refractivity contribution in [2.45, 2.75) is 26.7 Å². The smallest absolute Gasteiger partial charge is 0.303 e. The Morgan fingerprint density at radius 3 is 2.76 bits per heavy atom. The van der Waals surface area contributed by atoms with Gasteiger partial charge in [-0.15, -0.1) is 11.3 Å². The molecule has 1 aliphatic rings. The summed E-state index contributed by atoms with van der Waals surface area (Å²) in [4.78, 5) is 27.2. The Bertz CT molecular complexity index is 633. The van der Waals surface area contributed by atoms with Crippen molar-refractivity contribution in [3.63, 3.8) is 0 Å². The Hall–Kier alpha value is -1.18. The van der Waals surface area contributed by atoms with Gasteiger partial charge in [0.15, 0.2) is 0 Å². The van der Waals surface area contributed by atoms with Gasteiger partial charge in [0, 0.05) is 22.7 Å². The third-order valence-electron chi connectivity index (χ3n) is 2.99. The van der Waals surface area contributed by atoms with E-state index in [1.807, 2.05) is 19.9 Å². The molecular weight excluding hydrogens is 326 g/mol. The Balaban J connectivity index is 2.10. The maximum absolute atomic E-state index is 12.3. The number of thioether (sulfide) groups is 1. The fraction of sp³-hybridized carbons (Fsp3) is 0.357. The molecule has 112 valence electrons. The van der Waals surface area contributed by atoms with Gasteiger partial charge in [-0.1, -0.05) is 24.0 Å². The number of nitrogens with zero attached hydrogens (tertiary/aromatic N) is 1. The van der Waals surface area contributed by atoms with Gasteiger partial charge in [-0.05, 0) is 38.0 Å². The summed E-state index contributed by atoms with van der Waals surface area (Å²) in [6.07, 6.45) is 2.33. The number of thiophene rings is 1. The molecule has 0 saturated carbocycles. The average molecular weight is 341 g/mol.